The van der Waals surface area contributed by atoms with E-state index in [0.29, 0.717) is 24.7 Å². The van der Waals surface area contributed by atoms with Crippen LogP contribution in [0.1, 0.15) is 18.1 Å². The second kappa shape index (κ2) is 10.8. The number of aliphatic hydroxyl groups excluding tert-OH is 1. The zero-order valence-corrected chi connectivity index (χ0v) is 14.1. The maximum absolute atomic E-state index is 9.10. The number of rotatable bonds is 6. The molecular formula is C15H22ClNO6. The van der Waals surface area contributed by atoms with Gasteiger partial charge in [0.1, 0.15) is 12.4 Å². The van der Waals surface area contributed by atoms with Crippen LogP contribution >= 0.6 is 11.6 Å². The van der Waals surface area contributed by atoms with Crippen LogP contribution in [0.25, 0.3) is 0 Å². The molecule has 0 radical (unpaired) electrons. The first kappa shape index (κ1) is 21.2. The largest absolute Gasteiger partial charge is 0.490 e. The van der Waals surface area contributed by atoms with Gasteiger partial charge in [-0.1, -0.05) is 23.7 Å². The second-order valence-electron chi connectivity index (χ2n) is 4.85. The number of aliphatic hydroxyl groups is 1. The van der Waals surface area contributed by atoms with Crippen molar-refractivity contribution in [3.63, 3.8) is 0 Å². The summed E-state index contributed by atoms with van der Waals surface area (Å²) in [5.41, 5.74) is 2.06. The fourth-order valence-electron chi connectivity index (χ4n) is 1.46. The van der Waals surface area contributed by atoms with E-state index in [0.717, 1.165) is 16.9 Å². The zero-order chi connectivity index (χ0) is 18.0. The molecule has 1 aromatic carbocycles. The smallest absolute Gasteiger partial charge is 0.414 e. The first-order valence-corrected chi connectivity index (χ1v) is 7.28. The molecular weight excluding hydrogens is 326 g/mol. The summed E-state index contributed by atoms with van der Waals surface area (Å²) >= 11 is 6.18. The number of ether oxygens (including phenoxy) is 1. The summed E-state index contributed by atoms with van der Waals surface area (Å²) in [6.45, 7) is 7.48. The molecule has 0 aromatic heterocycles. The highest BCUT2D eigenvalue weighted by Gasteiger charge is 2.07. The Bertz CT molecular complexity index is 521. The lowest BCUT2D eigenvalue weighted by Crippen LogP contribution is -2.28. The lowest BCUT2D eigenvalue weighted by molar-refractivity contribution is -0.159. The Morgan fingerprint density at radius 1 is 1.22 bits per heavy atom. The van der Waals surface area contributed by atoms with Gasteiger partial charge in [-0.3, -0.25) is 0 Å². The van der Waals surface area contributed by atoms with Crippen molar-refractivity contribution < 1.29 is 29.6 Å². The minimum Gasteiger partial charge on any atom is -0.490 e. The molecule has 0 spiro atoms. The van der Waals surface area contributed by atoms with Crippen molar-refractivity contribution >= 4 is 23.5 Å². The van der Waals surface area contributed by atoms with Crippen molar-refractivity contribution in [1.82, 2.24) is 5.32 Å². The van der Waals surface area contributed by atoms with Crippen LogP contribution in [0.4, 0.5) is 0 Å². The second-order valence-corrected chi connectivity index (χ2v) is 5.23. The highest BCUT2D eigenvalue weighted by Crippen LogP contribution is 2.31. The number of aliphatic carboxylic acids is 2. The van der Waals surface area contributed by atoms with Gasteiger partial charge < -0.3 is 25.4 Å². The maximum Gasteiger partial charge on any atom is 0.414 e. The van der Waals surface area contributed by atoms with E-state index in [9.17, 15) is 0 Å². The number of nitrogens with one attached hydrogen (secondary N) is 1. The van der Waals surface area contributed by atoms with E-state index in [4.69, 9.17) is 41.2 Å². The summed E-state index contributed by atoms with van der Waals surface area (Å²) in [4.78, 5) is 18.2. The van der Waals surface area contributed by atoms with Crippen molar-refractivity contribution in [1.29, 1.82) is 0 Å². The van der Waals surface area contributed by atoms with Crippen LogP contribution < -0.4 is 10.1 Å². The Morgan fingerprint density at radius 3 is 2.22 bits per heavy atom. The molecule has 23 heavy (non-hydrogen) atoms. The molecule has 130 valence electrons. The van der Waals surface area contributed by atoms with E-state index in [-0.39, 0.29) is 6.10 Å². The lowest BCUT2D eigenvalue weighted by atomic mass is 10.1. The number of carbonyl (C=O) groups is 2. The molecule has 8 heteroatoms. The normalized spacial score (nSPS) is 11.2. The summed E-state index contributed by atoms with van der Waals surface area (Å²) in [5, 5.41) is 27.6. The summed E-state index contributed by atoms with van der Waals surface area (Å²) in [6.07, 6.45) is -0.334. The molecule has 0 bridgehead atoms. The minimum atomic E-state index is -1.82. The van der Waals surface area contributed by atoms with Crippen molar-refractivity contribution in [2.45, 2.75) is 26.9 Å². The van der Waals surface area contributed by atoms with Crippen LogP contribution in [0.2, 0.25) is 5.02 Å². The first-order valence-electron chi connectivity index (χ1n) is 6.90. The molecule has 4 N–H and O–H groups in total. The highest BCUT2D eigenvalue weighted by molar-refractivity contribution is 6.32. The van der Waals surface area contributed by atoms with E-state index in [1.54, 1.807) is 6.92 Å². The quantitative estimate of drug-likeness (QED) is 0.454. The minimum absolute atomic E-state index is 0.334. The fraction of sp³-hybridized carbons (Fsp3) is 0.467. The Labute approximate surface area is 139 Å². The summed E-state index contributed by atoms with van der Waals surface area (Å²) < 4.78 is 5.65. The summed E-state index contributed by atoms with van der Waals surface area (Å²) in [7, 11) is 0. The topological polar surface area (TPSA) is 116 Å². The van der Waals surface area contributed by atoms with Crippen molar-refractivity contribution in [3.8, 4) is 5.75 Å². The third kappa shape index (κ3) is 9.02. The predicted octanol–water partition coefficient (Wildman–Crippen LogP) is 1.46. The molecule has 0 aliphatic heterocycles. The number of hydrogen-bond donors (Lipinski definition) is 4. The molecule has 1 atom stereocenters. The van der Waals surface area contributed by atoms with Gasteiger partial charge in [-0.05, 0) is 31.9 Å². The Morgan fingerprint density at radius 2 is 1.74 bits per heavy atom. The lowest BCUT2D eigenvalue weighted by Gasteiger charge is -2.13. The van der Waals surface area contributed by atoms with Crippen LogP contribution in [-0.4, -0.2) is 53.1 Å². The maximum atomic E-state index is 9.10. The van der Waals surface area contributed by atoms with Gasteiger partial charge in [-0.15, -0.1) is 0 Å². The average Bonchev–Trinajstić information content (AvgIpc) is 2.46. The van der Waals surface area contributed by atoms with Crippen LogP contribution in [0, 0.1) is 13.8 Å². The van der Waals surface area contributed by atoms with E-state index in [1.165, 1.54) is 0 Å². The van der Waals surface area contributed by atoms with E-state index < -0.39 is 11.9 Å². The highest BCUT2D eigenvalue weighted by atomic mass is 35.5. The van der Waals surface area contributed by atoms with E-state index in [2.05, 4.69) is 5.32 Å². The molecule has 0 heterocycles. The van der Waals surface area contributed by atoms with Crippen LogP contribution in [0.5, 0.6) is 5.75 Å². The monoisotopic (exact) mass is 347 g/mol. The van der Waals surface area contributed by atoms with Gasteiger partial charge in [-0.2, -0.15) is 0 Å². The van der Waals surface area contributed by atoms with Gasteiger partial charge in [0.15, 0.2) is 0 Å². The third-order valence-corrected chi connectivity index (χ3v) is 3.10. The molecule has 0 amide bonds. The van der Waals surface area contributed by atoms with Crippen molar-refractivity contribution in [3.05, 3.63) is 28.3 Å². The molecule has 0 aliphatic rings. The molecule has 1 rings (SSSR count). The van der Waals surface area contributed by atoms with Crippen LogP contribution in [-0.2, 0) is 9.59 Å². The number of carboxylic acids is 2. The Hall–Kier alpha value is -1.83. The molecule has 0 saturated carbocycles. The van der Waals surface area contributed by atoms with Gasteiger partial charge in [0.05, 0.1) is 11.1 Å². The molecule has 1 unspecified atom stereocenters. The zero-order valence-electron chi connectivity index (χ0n) is 13.3. The molecule has 0 aliphatic carbocycles. The SMILES string of the molecule is Cc1ccc(C)c(OCCNCC(C)O)c1Cl.O=C(O)C(=O)O. The van der Waals surface area contributed by atoms with Crippen molar-refractivity contribution in [2.24, 2.45) is 0 Å². The van der Waals surface area contributed by atoms with Gasteiger partial charge in [0, 0.05) is 13.1 Å². The third-order valence-electron chi connectivity index (χ3n) is 2.63. The van der Waals surface area contributed by atoms with Gasteiger partial charge in [0.25, 0.3) is 0 Å². The Balaban J connectivity index is 0.000000688. The van der Waals surface area contributed by atoms with Gasteiger partial charge in [-0.25, -0.2) is 9.59 Å². The van der Waals surface area contributed by atoms with Gasteiger partial charge in [0.2, 0.25) is 0 Å². The number of benzene rings is 1. The van der Waals surface area contributed by atoms with Gasteiger partial charge >= 0.3 is 11.9 Å². The number of halogens is 1. The van der Waals surface area contributed by atoms with E-state index >= 15 is 0 Å². The van der Waals surface area contributed by atoms with Crippen LogP contribution in [0.15, 0.2) is 12.1 Å². The summed E-state index contributed by atoms with van der Waals surface area (Å²) in [5.74, 6) is -2.89. The molecule has 7 nitrogen and oxygen atoms in total. The molecule has 1 aromatic rings. The Kier molecular flexibility index (Phi) is 9.96. The predicted molar refractivity (Wildman–Crippen MR) is 86.2 cm³/mol. The average molecular weight is 348 g/mol. The number of hydrogen-bond acceptors (Lipinski definition) is 5. The molecule has 0 saturated heterocycles. The standard InChI is InChI=1S/C13H20ClNO2.C2H2O4/c1-9-4-5-10(2)13(12(9)14)17-7-6-15-8-11(3)16;3-1(4)2(5)6/h4-5,11,15-16H,6-8H2,1-3H3;(H,3,4)(H,5,6). The number of carboxylic acid groups (broad SMARTS) is 2. The van der Waals surface area contributed by atoms with Crippen LogP contribution in [0.3, 0.4) is 0 Å². The summed E-state index contributed by atoms with van der Waals surface area (Å²) in [6, 6.07) is 3.98. The fourth-order valence-corrected chi connectivity index (χ4v) is 1.73. The van der Waals surface area contributed by atoms with Crippen molar-refractivity contribution in [2.75, 3.05) is 19.7 Å². The first-order chi connectivity index (χ1) is 10.7. The molecule has 0 fully saturated rings. The van der Waals surface area contributed by atoms with E-state index in [1.807, 2.05) is 26.0 Å². The number of aryl methyl sites for hydroxylation is 2.